The van der Waals surface area contributed by atoms with Crippen molar-refractivity contribution in [3.63, 3.8) is 0 Å². The lowest BCUT2D eigenvalue weighted by atomic mass is 10.1. The zero-order chi connectivity index (χ0) is 10.4. The molecule has 0 spiro atoms. The Balaban J connectivity index is 2.54. The van der Waals surface area contributed by atoms with Crippen molar-refractivity contribution < 1.29 is 0 Å². The average molecular weight is 195 g/mol. The highest BCUT2D eigenvalue weighted by Gasteiger charge is 2.09. The molecule has 0 aliphatic heterocycles. The molecular weight excluding hydrogens is 178 g/mol. The van der Waals surface area contributed by atoms with E-state index in [-0.39, 0.29) is 6.04 Å². The topological polar surface area (TPSA) is 67.1 Å². The fraction of sp³-hybridized carbons (Fsp3) is 0.556. The Bertz CT molecular complexity index is 249. The van der Waals surface area contributed by atoms with Crippen molar-refractivity contribution in [3.8, 4) is 0 Å². The predicted octanol–water partition coefficient (Wildman–Crippen LogP) is -0.0673. The van der Waals surface area contributed by atoms with Gasteiger partial charge in [0.15, 0.2) is 0 Å². The van der Waals surface area contributed by atoms with Crippen molar-refractivity contribution in [2.24, 2.45) is 5.84 Å². The summed E-state index contributed by atoms with van der Waals surface area (Å²) in [5, 5.41) is 0. The van der Waals surface area contributed by atoms with Gasteiger partial charge >= 0.3 is 0 Å². The van der Waals surface area contributed by atoms with E-state index in [0.717, 1.165) is 18.5 Å². The first kappa shape index (κ1) is 11.0. The van der Waals surface area contributed by atoms with E-state index in [1.807, 2.05) is 14.1 Å². The normalized spacial score (nSPS) is 13.1. The first-order chi connectivity index (χ1) is 6.74. The number of aromatic nitrogens is 2. The van der Waals surface area contributed by atoms with Gasteiger partial charge in [0.1, 0.15) is 6.33 Å². The second-order valence-corrected chi connectivity index (χ2v) is 3.48. The van der Waals surface area contributed by atoms with E-state index in [4.69, 9.17) is 5.84 Å². The molecule has 0 aliphatic rings. The quantitative estimate of drug-likeness (QED) is 0.508. The molecule has 5 heteroatoms. The number of nitrogens with two attached hydrogens (primary N) is 1. The van der Waals surface area contributed by atoms with E-state index in [9.17, 15) is 0 Å². The molecule has 0 saturated carbocycles. The summed E-state index contributed by atoms with van der Waals surface area (Å²) >= 11 is 0. The zero-order valence-electron chi connectivity index (χ0n) is 8.64. The fourth-order valence-corrected chi connectivity index (χ4v) is 1.22. The molecule has 5 nitrogen and oxygen atoms in total. The van der Waals surface area contributed by atoms with Gasteiger partial charge in [0.05, 0.1) is 6.04 Å². The Morgan fingerprint density at radius 3 is 2.57 bits per heavy atom. The van der Waals surface area contributed by atoms with Crippen molar-refractivity contribution in [1.29, 1.82) is 0 Å². The largest absolute Gasteiger partial charge is 0.309 e. The van der Waals surface area contributed by atoms with Crippen LogP contribution in [-0.2, 0) is 0 Å². The average Bonchev–Trinajstić information content (AvgIpc) is 2.20. The highest BCUT2D eigenvalue weighted by atomic mass is 15.2. The van der Waals surface area contributed by atoms with Crippen LogP contribution in [0.2, 0.25) is 0 Å². The minimum Gasteiger partial charge on any atom is -0.309 e. The molecule has 0 aromatic carbocycles. The fourth-order valence-electron chi connectivity index (χ4n) is 1.22. The third-order valence-corrected chi connectivity index (χ3v) is 2.05. The maximum atomic E-state index is 5.47. The SMILES string of the molecule is CN(C)CCC(NN)c1cncnc1. The number of hydrazine groups is 1. The van der Waals surface area contributed by atoms with Crippen molar-refractivity contribution in [3.05, 3.63) is 24.3 Å². The highest BCUT2D eigenvalue weighted by Crippen LogP contribution is 2.12. The van der Waals surface area contributed by atoms with Gasteiger partial charge in [0.2, 0.25) is 0 Å². The summed E-state index contributed by atoms with van der Waals surface area (Å²) in [7, 11) is 4.07. The molecule has 1 rings (SSSR count). The van der Waals surface area contributed by atoms with E-state index in [0.29, 0.717) is 0 Å². The van der Waals surface area contributed by atoms with Gasteiger partial charge in [-0.1, -0.05) is 0 Å². The minimum absolute atomic E-state index is 0.124. The summed E-state index contributed by atoms with van der Waals surface area (Å²) < 4.78 is 0. The van der Waals surface area contributed by atoms with Crippen LogP contribution in [0.5, 0.6) is 0 Å². The second-order valence-electron chi connectivity index (χ2n) is 3.48. The number of nitrogens with zero attached hydrogens (tertiary/aromatic N) is 3. The molecule has 0 fully saturated rings. The molecule has 1 heterocycles. The van der Waals surface area contributed by atoms with Crippen LogP contribution in [0.4, 0.5) is 0 Å². The van der Waals surface area contributed by atoms with Crippen LogP contribution in [0.15, 0.2) is 18.7 Å². The predicted molar refractivity (Wildman–Crippen MR) is 55.3 cm³/mol. The lowest BCUT2D eigenvalue weighted by molar-refractivity contribution is 0.362. The molecular formula is C9H17N5. The van der Waals surface area contributed by atoms with Gasteiger partial charge in [0.25, 0.3) is 0 Å². The maximum absolute atomic E-state index is 5.47. The van der Waals surface area contributed by atoms with Crippen LogP contribution < -0.4 is 11.3 Å². The van der Waals surface area contributed by atoms with E-state index < -0.39 is 0 Å². The lowest BCUT2D eigenvalue weighted by Crippen LogP contribution is -2.30. The third kappa shape index (κ3) is 3.37. The van der Waals surface area contributed by atoms with Gasteiger partial charge in [-0.15, -0.1) is 0 Å². The van der Waals surface area contributed by atoms with Gasteiger partial charge in [-0.2, -0.15) is 0 Å². The first-order valence-corrected chi connectivity index (χ1v) is 4.60. The van der Waals surface area contributed by atoms with Gasteiger partial charge in [-0.25, -0.2) is 9.97 Å². The van der Waals surface area contributed by atoms with Crippen LogP contribution >= 0.6 is 0 Å². The summed E-state index contributed by atoms with van der Waals surface area (Å²) in [5.41, 5.74) is 3.79. The Morgan fingerprint density at radius 2 is 2.07 bits per heavy atom. The van der Waals surface area contributed by atoms with Crippen LogP contribution in [0.1, 0.15) is 18.0 Å². The van der Waals surface area contributed by atoms with Gasteiger partial charge in [-0.3, -0.25) is 11.3 Å². The molecule has 1 aromatic rings. The summed E-state index contributed by atoms with van der Waals surface area (Å²) in [6.45, 7) is 0.976. The van der Waals surface area contributed by atoms with Crippen LogP contribution in [-0.4, -0.2) is 35.5 Å². The number of hydrogen-bond acceptors (Lipinski definition) is 5. The Kier molecular flexibility index (Phi) is 4.45. The number of rotatable bonds is 5. The molecule has 14 heavy (non-hydrogen) atoms. The van der Waals surface area contributed by atoms with Gasteiger partial charge < -0.3 is 4.90 Å². The molecule has 1 atom stereocenters. The molecule has 0 saturated heterocycles. The lowest BCUT2D eigenvalue weighted by Gasteiger charge is -2.17. The molecule has 0 radical (unpaired) electrons. The van der Waals surface area contributed by atoms with Crippen LogP contribution in [0, 0.1) is 0 Å². The molecule has 0 aliphatic carbocycles. The van der Waals surface area contributed by atoms with E-state index >= 15 is 0 Å². The smallest absolute Gasteiger partial charge is 0.115 e. The molecule has 3 N–H and O–H groups in total. The number of hydrogen-bond donors (Lipinski definition) is 2. The van der Waals surface area contributed by atoms with Crippen molar-refractivity contribution in [1.82, 2.24) is 20.3 Å². The minimum atomic E-state index is 0.124. The summed E-state index contributed by atoms with van der Waals surface area (Å²) in [5.74, 6) is 5.47. The summed E-state index contributed by atoms with van der Waals surface area (Å²) in [6, 6.07) is 0.124. The van der Waals surface area contributed by atoms with E-state index in [1.54, 1.807) is 12.4 Å². The molecule has 1 aromatic heterocycles. The Hall–Kier alpha value is -1.04. The van der Waals surface area contributed by atoms with Crippen LogP contribution in [0.3, 0.4) is 0 Å². The maximum Gasteiger partial charge on any atom is 0.115 e. The first-order valence-electron chi connectivity index (χ1n) is 4.60. The van der Waals surface area contributed by atoms with Crippen molar-refractivity contribution in [2.75, 3.05) is 20.6 Å². The second kappa shape index (κ2) is 5.64. The van der Waals surface area contributed by atoms with Crippen LogP contribution in [0.25, 0.3) is 0 Å². The molecule has 78 valence electrons. The molecule has 0 amide bonds. The Morgan fingerprint density at radius 1 is 1.43 bits per heavy atom. The van der Waals surface area contributed by atoms with Crippen molar-refractivity contribution >= 4 is 0 Å². The van der Waals surface area contributed by atoms with E-state index in [1.165, 1.54) is 6.33 Å². The molecule has 1 unspecified atom stereocenters. The Labute approximate surface area is 84.3 Å². The summed E-state index contributed by atoms with van der Waals surface area (Å²) in [6.07, 6.45) is 6.03. The standard InChI is InChI=1S/C9H17N5/c1-14(2)4-3-9(13-10)8-5-11-7-12-6-8/h5-7,9,13H,3-4,10H2,1-2H3. The summed E-state index contributed by atoms with van der Waals surface area (Å²) in [4.78, 5) is 10.0. The molecule has 0 bridgehead atoms. The van der Waals surface area contributed by atoms with Crippen molar-refractivity contribution in [2.45, 2.75) is 12.5 Å². The van der Waals surface area contributed by atoms with E-state index in [2.05, 4.69) is 20.3 Å². The van der Waals surface area contributed by atoms with Gasteiger partial charge in [-0.05, 0) is 27.1 Å². The zero-order valence-corrected chi connectivity index (χ0v) is 8.64. The monoisotopic (exact) mass is 195 g/mol. The highest BCUT2D eigenvalue weighted by molar-refractivity contribution is 5.08. The van der Waals surface area contributed by atoms with Gasteiger partial charge in [0, 0.05) is 18.0 Å². The third-order valence-electron chi connectivity index (χ3n) is 2.05. The number of nitrogens with one attached hydrogen (secondary N) is 1.